The van der Waals surface area contributed by atoms with E-state index in [9.17, 15) is 9.59 Å². The third-order valence-electron chi connectivity index (χ3n) is 4.18. The Morgan fingerprint density at radius 1 is 0.967 bits per heavy atom. The molecule has 3 aromatic carbocycles. The van der Waals surface area contributed by atoms with Gasteiger partial charge in [-0.2, -0.15) is 5.10 Å². The molecule has 0 aliphatic carbocycles. The minimum Gasteiger partial charge on any atom is -0.468 e. The molecule has 3 N–H and O–H groups in total. The van der Waals surface area contributed by atoms with Gasteiger partial charge in [-0.1, -0.05) is 17.7 Å². The van der Waals surface area contributed by atoms with E-state index in [0.717, 1.165) is 11.1 Å². The molecule has 0 atom stereocenters. The van der Waals surface area contributed by atoms with Gasteiger partial charge in [-0.05, 0) is 73.2 Å². The van der Waals surface area contributed by atoms with Gasteiger partial charge in [0.25, 0.3) is 11.8 Å². The van der Waals surface area contributed by atoms with Gasteiger partial charge in [-0.15, -0.1) is 0 Å². The van der Waals surface area contributed by atoms with Gasteiger partial charge in [0.2, 0.25) is 0 Å². The lowest BCUT2D eigenvalue weighted by atomic mass is 10.1. The van der Waals surface area contributed by atoms with E-state index in [4.69, 9.17) is 9.84 Å². The average Bonchev–Trinajstić information content (AvgIpc) is 2.75. The lowest BCUT2D eigenvalue weighted by Crippen LogP contribution is -2.18. The smallest absolute Gasteiger partial charge is 0.271 e. The molecule has 0 unspecified atom stereocenters. The number of aryl methyl sites for hydroxylation is 1. The summed E-state index contributed by atoms with van der Waals surface area (Å²) in [6.07, 6.45) is 1.50. The lowest BCUT2D eigenvalue weighted by Gasteiger charge is -2.07. The maximum absolute atomic E-state index is 12.3. The number of benzene rings is 3. The van der Waals surface area contributed by atoms with Crippen LogP contribution in [0.5, 0.6) is 5.75 Å². The number of carbonyl (C=O) groups is 2. The molecule has 0 aliphatic heterocycles. The normalized spacial score (nSPS) is 10.6. The van der Waals surface area contributed by atoms with Crippen LogP contribution in [0.2, 0.25) is 0 Å². The van der Waals surface area contributed by atoms with E-state index in [2.05, 4.69) is 15.8 Å². The Morgan fingerprint density at radius 2 is 1.70 bits per heavy atom. The number of aliphatic hydroxyl groups is 1. The Bertz CT molecular complexity index is 1040. The van der Waals surface area contributed by atoms with Crippen molar-refractivity contribution >= 4 is 23.7 Å². The highest BCUT2D eigenvalue weighted by Gasteiger charge is 2.08. The number of hydrogen-bond acceptors (Lipinski definition) is 5. The van der Waals surface area contributed by atoms with Crippen LogP contribution in [-0.4, -0.2) is 29.9 Å². The lowest BCUT2D eigenvalue weighted by molar-refractivity contribution is 0.0953. The average molecular weight is 403 g/mol. The molecule has 0 heterocycles. The van der Waals surface area contributed by atoms with E-state index in [1.165, 1.54) is 6.21 Å². The quantitative estimate of drug-likeness (QED) is 0.320. The topological polar surface area (TPSA) is 100 Å². The molecular weight excluding hydrogens is 382 g/mol. The van der Waals surface area contributed by atoms with Crippen LogP contribution < -0.4 is 15.5 Å². The molecule has 0 saturated heterocycles. The van der Waals surface area contributed by atoms with E-state index < -0.39 is 6.79 Å². The molecule has 0 fully saturated rings. The van der Waals surface area contributed by atoms with Crippen LogP contribution in [0.1, 0.15) is 31.8 Å². The highest BCUT2D eigenvalue weighted by atomic mass is 16.6. The number of nitrogens with zero attached hydrogens (tertiary/aromatic N) is 1. The standard InChI is InChI=1S/C23H21N3O4/c1-16-3-2-4-19(13-16)22(28)25-20-9-7-18(8-10-20)23(29)26-24-14-17-5-11-21(12-6-17)30-15-27/h2-14,27H,15H2,1H3,(H,25,28)(H,26,29)/b24-14+. The Labute approximate surface area is 174 Å². The maximum atomic E-state index is 12.3. The zero-order valence-electron chi connectivity index (χ0n) is 16.3. The number of nitrogens with one attached hydrogen (secondary N) is 2. The molecule has 2 amide bonds. The highest BCUT2D eigenvalue weighted by molar-refractivity contribution is 6.04. The van der Waals surface area contributed by atoms with Crippen LogP contribution in [0.3, 0.4) is 0 Å². The number of carbonyl (C=O) groups excluding carboxylic acids is 2. The van der Waals surface area contributed by atoms with Crippen molar-refractivity contribution in [2.75, 3.05) is 12.1 Å². The molecule has 0 radical (unpaired) electrons. The fourth-order valence-corrected chi connectivity index (χ4v) is 2.65. The van der Waals surface area contributed by atoms with Crippen LogP contribution in [0.4, 0.5) is 5.69 Å². The molecule has 0 bridgehead atoms. The van der Waals surface area contributed by atoms with E-state index in [-0.39, 0.29) is 11.8 Å². The van der Waals surface area contributed by atoms with Gasteiger partial charge in [0.05, 0.1) is 6.21 Å². The van der Waals surface area contributed by atoms with Gasteiger partial charge in [0.1, 0.15) is 5.75 Å². The van der Waals surface area contributed by atoms with Gasteiger partial charge in [-0.25, -0.2) is 5.43 Å². The van der Waals surface area contributed by atoms with Crippen LogP contribution in [0, 0.1) is 6.92 Å². The number of aliphatic hydroxyl groups excluding tert-OH is 1. The van der Waals surface area contributed by atoms with E-state index >= 15 is 0 Å². The number of hydrazone groups is 1. The second kappa shape index (κ2) is 9.99. The molecule has 0 spiro atoms. The van der Waals surface area contributed by atoms with Crippen LogP contribution in [0.15, 0.2) is 77.9 Å². The first-order chi connectivity index (χ1) is 14.5. The fourth-order valence-electron chi connectivity index (χ4n) is 2.65. The molecule has 152 valence electrons. The second-order valence-electron chi connectivity index (χ2n) is 6.44. The van der Waals surface area contributed by atoms with Crippen LogP contribution in [0.25, 0.3) is 0 Å². The van der Waals surface area contributed by atoms with Crippen LogP contribution in [-0.2, 0) is 0 Å². The third-order valence-corrected chi connectivity index (χ3v) is 4.18. The monoisotopic (exact) mass is 403 g/mol. The molecule has 30 heavy (non-hydrogen) atoms. The van der Waals surface area contributed by atoms with Crippen molar-refractivity contribution in [2.24, 2.45) is 5.10 Å². The fraction of sp³-hybridized carbons (Fsp3) is 0.0870. The predicted octanol–water partition coefficient (Wildman–Crippen LogP) is 3.34. The highest BCUT2D eigenvalue weighted by Crippen LogP contribution is 2.13. The second-order valence-corrected chi connectivity index (χ2v) is 6.44. The van der Waals surface area contributed by atoms with E-state index in [1.807, 2.05) is 25.1 Å². The summed E-state index contributed by atoms with van der Waals surface area (Å²) in [6, 6.07) is 20.7. The predicted molar refractivity (Wildman–Crippen MR) is 115 cm³/mol. The largest absolute Gasteiger partial charge is 0.468 e. The molecule has 0 aliphatic rings. The molecule has 3 rings (SSSR count). The summed E-state index contributed by atoms with van der Waals surface area (Å²) in [6.45, 7) is 1.53. The summed E-state index contributed by atoms with van der Waals surface area (Å²) in [5, 5.41) is 15.4. The summed E-state index contributed by atoms with van der Waals surface area (Å²) in [7, 11) is 0. The first-order valence-corrected chi connectivity index (χ1v) is 9.20. The van der Waals surface area contributed by atoms with Gasteiger partial charge >= 0.3 is 0 Å². The SMILES string of the molecule is Cc1cccc(C(=O)Nc2ccc(C(=O)N/N=C/c3ccc(OCO)cc3)cc2)c1. The van der Waals surface area contributed by atoms with Gasteiger partial charge in [0.15, 0.2) is 6.79 Å². The molecule has 0 aromatic heterocycles. The van der Waals surface area contributed by atoms with Crippen molar-refractivity contribution in [3.05, 3.63) is 95.1 Å². The van der Waals surface area contributed by atoms with Gasteiger partial charge in [-0.3, -0.25) is 9.59 Å². The van der Waals surface area contributed by atoms with E-state index in [0.29, 0.717) is 22.6 Å². The molecule has 7 nitrogen and oxygen atoms in total. The zero-order valence-corrected chi connectivity index (χ0v) is 16.3. The summed E-state index contributed by atoms with van der Waals surface area (Å²) in [5.41, 5.74) is 5.79. The van der Waals surface area contributed by atoms with Crippen molar-refractivity contribution < 1.29 is 19.4 Å². The van der Waals surface area contributed by atoms with Crippen molar-refractivity contribution in [3.63, 3.8) is 0 Å². The summed E-state index contributed by atoms with van der Waals surface area (Å²) >= 11 is 0. The van der Waals surface area contributed by atoms with Crippen molar-refractivity contribution in [1.29, 1.82) is 0 Å². The number of ether oxygens (including phenoxy) is 1. The number of hydrogen-bond donors (Lipinski definition) is 3. The third kappa shape index (κ3) is 5.76. The Kier molecular flexibility index (Phi) is 6.91. The molecule has 3 aromatic rings. The Hall–Kier alpha value is -3.97. The number of anilines is 1. The number of amides is 2. The van der Waals surface area contributed by atoms with Crippen LogP contribution >= 0.6 is 0 Å². The van der Waals surface area contributed by atoms with Crippen molar-refractivity contribution in [1.82, 2.24) is 5.43 Å². The molecule has 0 saturated carbocycles. The van der Waals surface area contributed by atoms with Gasteiger partial charge < -0.3 is 15.2 Å². The molecular formula is C23H21N3O4. The minimum atomic E-state index is -0.391. The van der Waals surface area contributed by atoms with E-state index in [1.54, 1.807) is 54.6 Å². The minimum absolute atomic E-state index is 0.212. The summed E-state index contributed by atoms with van der Waals surface area (Å²) < 4.78 is 4.94. The van der Waals surface area contributed by atoms with Crippen molar-refractivity contribution in [2.45, 2.75) is 6.92 Å². The summed E-state index contributed by atoms with van der Waals surface area (Å²) in [4.78, 5) is 24.5. The van der Waals surface area contributed by atoms with Gasteiger partial charge in [0, 0.05) is 16.8 Å². The summed E-state index contributed by atoms with van der Waals surface area (Å²) in [5.74, 6) is -0.0489. The Morgan fingerprint density at radius 3 is 2.37 bits per heavy atom. The first kappa shape index (κ1) is 20.8. The van der Waals surface area contributed by atoms with Crippen molar-refractivity contribution in [3.8, 4) is 5.75 Å². The maximum Gasteiger partial charge on any atom is 0.271 e. The first-order valence-electron chi connectivity index (χ1n) is 9.20. The number of rotatable bonds is 7. The molecule has 7 heteroatoms. The zero-order chi connectivity index (χ0) is 21.3. The Balaban J connectivity index is 1.55.